The third-order valence-electron chi connectivity index (χ3n) is 3.39. The molecule has 1 fully saturated rings. The second-order valence-corrected chi connectivity index (χ2v) is 5.64. The lowest BCUT2D eigenvalue weighted by Crippen LogP contribution is -2.41. The zero-order valence-electron chi connectivity index (χ0n) is 13.1. The molecule has 0 aromatic heterocycles. The molecule has 2 rings (SSSR count). The van der Waals surface area contributed by atoms with Crippen molar-refractivity contribution in [2.75, 3.05) is 27.2 Å². The molecule has 22 heavy (non-hydrogen) atoms. The quantitative estimate of drug-likeness (QED) is 0.735. The summed E-state index contributed by atoms with van der Waals surface area (Å²) in [6.07, 6.45) is 2.13. The first kappa shape index (κ1) is 16.3. The summed E-state index contributed by atoms with van der Waals surface area (Å²) in [5.74, 6) is 0.635. The van der Waals surface area contributed by atoms with Gasteiger partial charge in [0.15, 0.2) is 0 Å². The average Bonchev–Trinajstić information content (AvgIpc) is 3.28. The lowest BCUT2D eigenvalue weighted by Gasteiger charge is -2.16. The third-order valence-corrected chi connectivity index (χ3v) is 3.39. The van der Waals surface area contributed by atoms with Crippen molar-refractivity contribution in [1.82, 2.24) is 15.5 Å². The van der Waals surface area contributed by atoms with E-state index in [1.54, 1.807) is 19.1 Å². The Bertz CT molecular complexity index is 529. The molecule has 0 spiro atoms. The van der Waals surface area contributed by atoms with Crippen molar-refractivity contribution < 1.29 is 14.3 Å². The maximum Gasteiger partial charge on any atom is 0.234 e. The minimum atomic E-state index is -0.107. The fourth-order valence-electron chi connectivity index (χ4n) is 2.09. The van der Waals surface area contributed by atoms with Crippen LogP contribution in [0.15, 0.2) is 24.3 Å². The van der Waals surface area contributed by atoms with Gasteiger partial charge in [-0.3, -0.25) is 14.5 Å². The summed E-state index contributed by atoms with van der Waals surface area (Å²) in [6, 6.07) is 7.90. The molecule has 1 saturated carbocycles. The van der Waals surface area contributed by atoms with Gasteiger partial charge in [-0.2, -0.15) is 0 Å². The van der Waals surface area contributed by atoms with E-state index in [0.29, 0.717) is 12.6 Å². The summed E-state index contributed by atoms with van der Waals surface area (Å²) in [7, 11) is 3.37. The summed E-state index contributed by atoms with van der Waals surface area (Å²) >= 11 is 0. The minimum Gasteiger partial charge on any atom is -0.497 e. The number of nitrogens with zero attached hydrogens (tertiary/aromatic N) is 1. The lowest BCUT2D eigenvalue weighted by molar-refractivity contribution is -0.124. The number of carbonyl (C=O) groups is 2. The van der Waals surface area contributed by atoms with Crippen LogP contribution < -0.4 is 15.4 Å². The van der Waals surface area contributed by atoms with Gasteiger partial charge in [0.1, 0.15) is 5.75 Å². The summed E-state index contributed by atoms with van der Waals surface area (Å²) in [5, 5.41) is 5.74. The minimum absolute atomic E-state index is 0.0226. The molecule has 6 heteroatoms. The van der Waals surface area contributed by atoms with Gasteiger partial charge in [-0.1, -0.05) is 12.1 Å². The van der Waals surface area contributed by atoms with Crippen LogP contribution in [-0.2, 0) is 16.1 Å². The van der Waals surface area contributed by atoms with Crippen molar-refractivity contribution in [3.05, 3.63) is 29.8 Å². The summed E-state index contributed by atoms with van der Waals surface area (Å²) in [6.45, 7) is 0.878. The number of benzene rings is 1. The van der Waals surface area contributed by atoms with Gasteiger partial charge < -0.3 is 15.4 Å². The van der Waals surface area contributed by atoms with Crippen LogP contribution in [-0.4, -0.2) is 50.0 Å². The van der Waals surface area contributed by atoms with Crippen molar-refractivity contribution in [1.29, 1.82) is 0 Å². The Morgan fingerprint density at radius 2 is 2.00 bits per heavy atom. The molecular formula is C16H23N3O3. The summed E-state index contributed by atoms with van der Waals surface area (Å²) < 4.78 is 5.14. The number of methoxy groups -OCH3 is 1. The standard InChI is InChI=1S/C16H23N3O3/c1-19(11-16(21)18-13-6-7-13)10-15(20)17-9-12-4-3-5-14(8-12)22-2/h3-5,8,13H,6-7,9-11H2,1-2H3,(H,17,20)(H,18,21). The number of likely N-dealkylation sites (N-methyl/N-ethyl adjacent to an activating group) is 1. The number of amides is 2. The fourth-order valence-corrected chi connectivity index (χ4v) is 2.09. The van der Waals surface area contributed by atoms with E-state index in [4.69, 9.17) is 4.74 Å². The van der Waals surface area contributed by atoms with E-state index in [9.17, 15) is 9.59 Å². The first-order chi connectivity index (χ1) is 10.6. The van der Waals surface area contributed by atoms with Crippen molar-refractivity contribution in [3.63, 3.8) is 0 Å². The van der Waals surface area contributed by atoms with E-state index in [1.807, 2.05) is 24.3 Å². The maximum atomic E-state index is 11.9. The van der Waals surface area contributed by atoms with Crippen molar-refractivity contribution in [3.8, 4) is 5.75 Å². The van der Waals surface area contributed by atoms with Crippen molar-refractivity contribution in [2.24, 2.45) is 0 Å². The molecule has 0 bridgehead atoms. The molecule has 0 radical (unpaired) electrons. The van der Waals surface area contributed by atoms with Gasteiger partial charge in [-0.15, -0.1) is 0 Å². The highest BCUT2D eigenvalue weighted by molar-refractivity contribution is 5.81. The predicted octanol–water partition coefficient (Wildman–Crippen LogP) is 0.522. The number of rotatable bonds is 8. The first-order valence-corrected chi connectivity index (χ1v) is 7.44. The topological polar surface area (TPSA) is 70.7 Å². The van der Waals surface area contributed by atoms with Crippen LogP contribution in [0.25, 0.3) is 0 Å². The Morgan fingerprint density at radius 1 is 1.27 bits per heavy atom. The molecule has 2 N–H and O–H groups in total. The highest BCUT2D eigenvalue weighted by Crippen LogP contribution is 2.18. The number of nitrogens with one attached hydrogen (secondary N) is 2. The molecule has 1 aliphatic carbocycles. The Labute approximate surface area is 130 Å². The number of hydrogen-bond donors (Lipinski definition) is 2. The Balaban J connectivity index is 1.68. The Morgan fingerprint density at radius 3 is 2.68 bits per heavy atom. The molecule has 1 aliphatic rings. The predicted molar refractivity (Wildman–Crippen MR) is 83.5 cm³/mol. The molecule has 0 unspecified atom stereocenters. The van der Waals surface area contributed by atoms with E-state index >= 15 is 0 Å². The smallest absolute Gasteiger partial charge is 0.234 e. The second-order valence-electron chi connectivity index (χ2n) is 5.64. The molecule has 0 aliphatic heterocycles. The van der Waals surface area contributed by atoms with E-state index in [-0.39, 0.29) is 24.9 Å². The van der Waals surface area contributed by atoms with Crippen LogP contribution in [0.4, 0.5) is 0 Å². The van der Waals surface area contributed by atoms with Crippen LogP contribution in [0.5, 0.6) is 5.75 Å². The molecule has 1 aromatic carbocycles. The van der Waals surface area contributed by atoms with Gasteiger partial charge in [-0.25, -0.2) is 0 Å². The summed E-state index contributed by atoms with van der Waals surface area (Å²) in [4.78, 5) is 25.2. The zero-order chi connectivity index (χ0) is 15.9. The van der Waals surface area contributed by atoms with Gasteiger partial charge in [0.2, 0.25) is 11.8 Å². The van der Waals surface area contributed by atoms with Crippen LogP contribution in [0.1, 0.15) is 18.4 Å². The lowest BCUT2D eigenvalue weighted by atomic mass is 10.2. The zero-order valence-corrected chi connectivity index (χ0v) is 13.1. The van der Waals surface area contributed by atoms with Crippen LogP contribution in [0.2, 0.25) is 0 Å². The van der Waals surface area contributed by atoms with E-state index in [2.05, 4.69) is 10.6 Å². The summed E-state index contributed by atoms with van der Waals surface area (Å²) in [5.41, 5.74) is 0.974. The number of hydrogen-bond acceptors (Lipinski definition) is 4. The number of ether oxygens (including phenoxy) is 1. The van der Waals surface area contributed by atoms with Gasteiger partial charge in [0.05, 0.1) is 20.2 Å². The molecule has 6 nitrogen and oxygen atoms in total. The molecule has 2 amide bonds. The molecule has 0 saturated heterocycles. The molecule has 120 valence electrons. The number of carbonyl (C=O) groups excluding carboxylic acids is 2. The van der Waals surface area contributed by atoms with Crippen LogP contribution in [0, 0.1) is 0 Å². The molecule has 1 aromatic rings. The Kier molecular flexibility index (Phi) is 5.77. The largest absolute Gasteiger partial charge is 0.497 e. The fraction of sp³-hybridized carbons (Fsp3) is 0.500. The van der Waals surface area contributed by atoms with Crippen LogP contribution >= 0.6 is 0 Å². The molecule has 0 atom stereocenters. The molecule has 0 heterocycles. The third kappa shape index (κ3) is 5.73. The van der Waals surface area contributed by atoms with E-state index in [1.165, 1.54) is 0 Å². The maximum absolute atomic E-state index is 11.9. The average molecular weight is 305 g/mol. The second kappa shape index (κ2) is 7.79. The van der Waals surface area contributed by atoms with E-state index in [0.717, 1.165) is 24.2 Å². The van der Waals surface area contributed by atoms with Gasteiger partial charge in [-0.05, 0) is 37.6 Å². The van der Waals surface area contributed by atoms with Gasteiger partial charge >= 0.3 is 0 Å². The van der Waals surface area contributed by atoms with E-state index < -0.39 is 0 Å². The van der Waals surface area contributed by atoms with Crippen molar-refractivity contribution >= 4 is 11.8 Å². The van der Waals surface area contributed by atoms with Crippen molar-refractivity contribution in [2.45, 2.75) is 25.4 Å². The molecular weight excluding hydrogens is 282 g/mol. The normalized spacial score (nSPS) is 13.8. The first-order valence-electron chi connectivity index (χ1n) is 7.44. The van der Waals surface area contributed by atoms with Gasteiger partial charge in [0, 0.05) is 12.6 Å². The monoisotopic (exact) mass is 305 g/mol. The van der Waals surface area contributed by atoms with Crippen LogP contribution in [0.3, 0.4) is 0 Å². The highest BCUT2D eigenvalue weighted by Gasteiger charge is 2.23. The highest BCUT2D eigenvalue weighted by atomic mass is 16.5. The SMILES string of the molecule is COc1cccc(CNC(=O)CN(C)CC(=O)NC2CC2)c1. The Hall–Kier alpha value is -2.08. The van der Waals surface area contributed by atoms with Gasteiger partial charge in [0.25, 0.3) is 0 Å².